The van der Waals surface area contributed by atoms with E-state index < -0.39 is 0 Å². The molecule has 19 heavy (non-hydrogen) atoms. The molecule has 0 radical (unpaired) electrons. The van der Waals surface area contributed by atoms with Crippen LogP contribution >= 0.6 is 27.5 Å². The highest BCUT2D eigenvalue weighted by Gasteiger charge is 2.11. The van der Waals surface area contributed by atoms with E-state index in [0.717, 1.165) is 17.0 Å². The monoisotopic (exact) mass is 336 g/mol. The summed E-state index contributed by atoms with van der Waals surface area (Å²) in [4.78, 5) is 0.221. The molecule has 0 aliphatic carbocycles. The van der Waals surface area contributed by atoms with Gasteiger partial charge >= 0.3 is 0 Å². The predicted octanol–water partition coefficient (Wildman–Crippen LogP) is 6.09. The maximum Gasteiger partial charge on any atom is 0.0644 e. The van der Waals surface area contributed by atoms with Crippen LogP contribution in [0.2, 0.25) is 5.02 Å². The summed E-state index contributed by atoms with van der Waals surface area (Å²) in [7, 11) is 0. The van der Waals surface area contributed by atoms with E-state index in [4.69, 9.17) is 11.6 Å². The van der Waals surface area contributed by atoms with Crippen LogP contribution in [0.4, 0.5) is 0 Å². The van der Waals surface area contributed by atoms with Crippen molar-refractivity contribution in [3.63, 3.8) is 0 Å². The summed E-state index contributed by atoms with van der Waals surface area (Å²) < 4.78 is 0. The molecule has 2 rings (SSSR count). The minimum absolute atomic E-state index is 0.221. The van der Waals surface area contributed by atoms with Gasteiger partial charge in [-0.25, -0.2) is 0 Å². The summed E-state index contributed by atoms with van der Waals surface area (Å²) in [6, 6.07) is 15.0. The maximum atomic E-state index is 6.07. The quantitative estimate of drug-likeness (QED) is 0.593. The van der Waals surface area contributed by atoms with E-state index in [1.807, 2.05) is 13.0 Å². The van der Waals surface area contributed by atoms with Gasteiger partial charge in [-0.3, -0.25) is 0 Å². The van der Waals surface area contributed by atoms with E-state index in [1.165, 1.54) is 23.1 Å². The van der Waals surface area contributed by atoms with Crippen molar-refractivity contribution in [2.45, 2.75) is 31.5 Å². The molecule has 0 aliphatic rings. The van der Waals surface area contributed by atoms with Crippen molar-refractivity contribution in [2.75, 3.05) is 0 Å². The summed E-state index contributed by atoms with van der Waals surface area (Å²) in [5.74, 6) is 0. The Morgan fingerprint density at radius 3 is 2.26 bits per heavy atom. The van der Waals surface area contributed by atoms with Crippen molar-refractivity contribution in [3.05, 3.63) is 69.7 Å². The average Bonchev–Trinajstić information content (AvgIpc) is 2.42. The van der Waals surface area contributed by atoms with Crippen LogP contribution in [0.1, 0.15) is 40.4 Å². The number of halogens is 2. The highest BCUT2D eigenvalue weighted by Crippen LogP contribution is 2.32. The normalized spacial score (nSPS) is 12.4. The Labute approximate surface area is 128 Å². The number of hydrogen-bond donors (Lipinski definition) is 0. The van der Waals surface area contributed by atoms with Crippen molar-refractivity contribution in [1.29, 1.82) is 0 Å². The van der Waals surface area contributed by atoms with Gasteiger partial charge in [0.25, 0.3) is 0 Å². The second kappa shape index (κ2) is 6.58. The predicted molar refractivity (Wildman–Crippen MR) is 87.4 cm³/mol. The third-order valence-electron chi connectivity index (χ3n) is 3.29. The van der Waals surface area contributed by atoms with E-state index in [1.54, 1.807) is 0 Å². The zero-order valence-electron chi connectivity index (χ0n) is 11.3. The number of benzene rings is 2. The summed E-state index contributed by atoms with van der Waals surface area (Å²) in [6.07, 6.45) is 2.33. The fourth-order valence-electron chi connectivity index (χ4n) is 2.16. The second-order valence-electron chi connectivity index (χ2n) is 4.86. The number of alkyl halides is 1. The number of hydrogen-bond acceptors (Lipinski definition) is 0. The van der Waals surface area contributed by atoms with Crippen LogP contribution in [-0.4, -0.2) is 0 Å². The first-order valence-corrected chi connectivity index (χ1v) is 7.90. The third kappa shape index (κ3) is 3.61. The maximum absolute atomic E-state index is 6.07. The Morgan fingerprint density at radius 2 is 1.68 bits per heavy atom. The molecule has 0 nitrogen and oxygen atoms in total. The van der Waals surface area contributed by atoms with Crippen LogP contribution in [-0.2, 0) is 6.42 Å². The molecular formula is C17H18BrCl. The molecule has 0 aliphatic heterocycles. The summed E-state index contributed by atoms with van der Waals surface area (Å²) in [6.45, 7) is 4.24. The number of aryl methyl sites for hydroxylation is 2. The van der Waals surface area contributed by atoms with Crippen LogP contribution in [0.5, 0.6) is 0 Å². The molecule has 2 aromatic rings. The van der Waals surface area contributed by atoms with Gasteiger partial charge in [0.05, 0.1) is 4.83 Å². The molecule has 0 bridgehead atoms. The van der Waals surface area contributed by atoms with Crippen LogP contribution in [0.25, 0.3) is 0 Å². The minimum atomic E-state index is 0.221. The fourth-order valence-corrected chi connectivity index (χ4v) is 2.87. The Morgan fingerprint density at radius 1 is 1.05 bits per heavy atom. The Balaban J connectivity index is 2.22. The lowest BCUT2D eigenvalue weighted by atomic mass is 10.0. The van der Waals surface area contributed by atoms with Crippen molar-refractivity contribution in [1.82, 2.24) is 0 Å². The van der Waals surface area contributed by atoms with Gasteiger partial charge in [0.1, 0.15) is 0 Å². The fraction of sp³-hybridized carbons (Fsp3) is 0.294. The van der Waals surface area contributed by atoms with Gasteiger partial charge in [-0.05, 0) is 41.7 Å². The SMILES string of the molecule is CCCc1ccc(C(Br)c2ccc(Cl)c(C)c2)cc1. The molecule has 100 valence electrons. The van der Waals surface area contributed by atoms with Crippen LogP contribution < -0.4 is 0 Å². The lowest BCUT2D eigenvalue weighted by Gasteiger charge is -2.13. The van der Waals surface area contributed by atoms with E-state index in [9.17, 15) is 0 Å². The molecule has 0 amide bonds. The van der Waals surface area contributed by atoms with Crippen molar-refractivity contribution >= 4 is 27.5 Å². The largest absolute Gasteiger partial charge is 0.0841 e. The molecule has 0 saturated carbocycles. The van der Waals surface area contributed by atoms with Gasteiger partial charge in [0, 0.05) is 5.02 Å². The van der Waals surface area contributed by atoms with E-state index in [-0.39, 0.29) is 4.83 Å². The molecule has 0 spiro atoms. The molecule has 1 unspecified atom stereocenters. The average molecular weight is 338 g/mol. The summed E-state index contributed by atoms with van der Waals surface area (Å²) in [5.41, 5.74) is 5.04. The highest BCUT2D eigenvalue weighted by molar-refractivity contribution is 9.09. The lowest BCUT2D eigenvalue weighted by molar-refractivity contribution is 0.920. The molecule has 2 aromatic carbocycles. The van der Waals surface area contributed by atoms with Gasteiger partial charge in [0.2, 0.25) is 0 Å². The smallest absolute Gasteiger partial charge is 0.0644 e. The van der Waals surface area contributed by atoms with Gasteiger partial charge in [-0.15, -0.1) is 0 Å². The van der Waals surface area contributed by atoms with Crippen LogP contribution in [0.3, 0.4) is 0 Å². The Kier molecular flexibility index (Phi) is 5.06. The summed E-state index contributed by atoms with van der Waals surface area (Å²) >= 11 is 9.84. The van der Waals surface area contributed by atoms with Gasteiger partial charge < -0.3 is 0 Å². The second-order valence-corrected chi connectivity index (χ2v) is 6.19. The van der Waals surface area contributed by atoms with Gasteiger partial charge in [-0.2, -0.15) is 0 Å². The molecule has 0 fully saturated rings. The zero-order valence-corrected chi connectivity index (χ0v) is 13.6. The van der Waals surface area contributed by atoms with Crippen molar-refractivity contribution in [3.8, 4) is 0 Å². The molecule has 0 heterocycles. The van der Waals surface area contributed by atoms with E-state index in [0.29, 0.717) is 0 Å². The molecule has 1 atom stereocenters. The van der Waals surface area contributed by atoms with Crippen LogP contribution in [0, 0.1) is 6.92 Å². The molecule has 2 heteroatoms. The first-order chi connectivity index (χ1) is 9.11. The first kappa shape index (κ1) is 14.6. The van der Waals surface area contributed by atoms with Gasteiger partial charge in [0.15, 0.2) is 0 Å². The molecule has 0 aromatic heterocycles. The zero-order chi connectivity index (χ0) is 13.8. The first-order valence-electron chi connectivity index (χ1n) is 6.60. The third-order valence-corrected chi connectivity index (χ3v) is 4.77. The Bertz CT molecular complexity index is 546. The molecule has 0 saturated heterocycles. The number of rotatable bonds is 4. The standard InChI is InChI=1S/C17H18BrCl/c1-3-4-13-5-7-14(8-6-13)17(18)15-9-10-16(19)12(2)11-15/h5-11,17H,3-4H2,1-2H3. The topological polar surface area (TPSA) is 0 Å². The van der Waals surface area contributed by atoms with E-state index in [2.05, 4.69) is 59.3 Å². The van der Waals surface area contributed by atoms with Crippen molar-refractivity contribution < 1.29 is 0 Å². The van der Waals surface area contributed by atoms with E-state index >= 15 is 0 Å². The Hall–Kier alpha value is -0.790. The summed E-state index contributed by atoms with van der Waals surface area (Å²) in [5, 5.41) is 0.821. The highest BCUT2D eigenvalue weighted by atomic mass is 79.9. The molecule has 0 N–H and O–H groups in total. The van der Waals surface area contributed by atoms with Crippen molar-refractivity contribution in [2.24, 2.45) is 0 Å². The van der Waals surface area contributed by atoms with Crippen LogP contribution in [0.15, 0.2) is 42.5 Å². The van der Waals surface area contributed by atoms with Gasteiger partial charge in [-0.1, -0.05) is 77.3 Å². The lowest BCUT2D eigenvalue weighted by Crippen LogP contribution is -1.94. The minimum Gasteiger partial charge on any atom is -0.0841 e. The molecular weight excluding hydrogens is 320 g/mol.